The van der Waals surface area contributed by atoms with Crippen molar-refractivity contribution < 1.29 is 33.1 Å². The number of amides is 1. The molecule has 1 amide bonds. The number of ether oxygens (including phenoxy) is 2. The van der Waals surface area contributed by atoms with Crippen LogP contribution in [0, 0.1) is 20.8 Å². The molecule has 0 aliphatic rings. The van der Waals surface area contributed by atoms with Gasteiger partial charge in [-0.05, 0) is 40.7 Å². The van der Waals surface area contributed by atoms with Crippen molar-refractivity contribution in [2.24, 2.45) is 0 Å². The molecule has 8 nitrogen and oxygen atoms in total. The molecule has 0 bridgehead atoms. The molecule has 2 aromatic rings. The highest BCUT2D eigenvalue weighted by Gasteiger charge is 2.29. The van der Waals surface area contributed by atoms with Crippen LogP contribution in [0.2, 0.25) is 0 Å². The third-order valence-corrected chi connectivity index (χ3v) is 4.73. The molecule has 2 heterocycles. The van der Waals surface area contributed by atoms with E-state index in [4.69, 9.17) is 13.9 Å². The van der Waals surface area contributed by atoms with E-state index in [1.807, 2.05) is 6.92 Å². The van der Waals surface area contributed by atoms with Crippen molar-refractivity contribution in [1.82, 2.24) is 0 Å². The van der Waals surface area contributed by atoms with Crippen molar-refractivity contribution in [1.29, 1.82) is 0 Å². The molecule has 0 spiro atoms. The van der Waals surface area contributed by atoms with E-state index in [-0.39, 0.29) is 29.4 Å². The van der Waals surface area contributed by atoms with Crippen LogP contribution in [0.4, 0.5) is 5.88 Å². The van der Waals surface area contributed by atoms with Crippen molar-refractivity contribution in [3.05, 3.63) is 38.3 Å². The smallest absolute Gasteiger partial charge is 0.344 e. The molecular weight excluding hydrogens is 386 g/mol. The number of hydrogen-bond acceptors (Lipinski definition) is 8. The molecule has 2 rings (SSSR count). The maximum absolute atomic E-state index is 12.2. The van der Waals surface area contributed by atoms with Crippen LogP contribution in [-0.2, 0) is 14.3 Å². The number of anilines is 1. The number of ketones is 1. The monoisotopic (exact) mass is 407 g/mol. The fourth-order valence-electron chi connectivity index (χ4n) is 2.66. The predicted octanol–water partition coefficient (Wildman–Crippen LogP) is 3.44. The fourth-order valence-corrected chi connectivity index (χ4v) is 3.57. The number of Topliss-reactive ketones (excluding diaryl/α,β-unsaturated/α-hetero) is 1. The summed E-state index contributed by atoms with van der Waals surface area (Å²) in [6.45, 7) is 7.55. The molecule has 0 aromatic carbocycles. The van der Waals surface area contributed by atoms with Crippen molar-refractivity contribution in [3.8, 4) is 0 Å². The summed E-state index contributed by atoms with van der Waals surface area (Å²) in [6.07, 6.45) is 0. The van der Waals surface area contributed by atoms with Crippen LogP contribution in [0.3, 0.4) is 0 Å². The van der Waals surface area contributed by atoms with Crippen LogP contribution < -0.4 is 5.32 Å². The van der Waals surface area contributed by atoms with Gasteiger partial charge in [-0.2, -0.15) is 0 Å². The first-order valence-corrected chi connectivity index (χ1v) is 9.32. The van der Waals surface area contributed by atoms with Crippen molar-refractivity contribution in [3.63, 3.8) is 0 Å². The number of aryl methyl sites for hydroxylation is 3. The van der Waals surface area contributed by atoms with Crippen LogP contribution in [0.15, 0.2) is 10.5 Å². The van der Waals surface area contributed by atoms with Crippen molar-refractivity contribution >= 4 is 40.9 Å². The van der Waals surface area contributed by atoms with E-state index in [2.05, 4.69) is 5.32 Å². The highest BCUT2D eigenvalue weighted by molar-refractivity contribution is 7.12. The molecule has 2 aromatic heterocycles. The minimum absolute atomic E-state index is 0.0371. The van der Waals surface area contributed by atoms with Gasteiger partial charge < -0.3 is 13.9 Å². The number of esters is 2. The predicted molar refractivity (Wildman–Crippen MR) is 102 cm³/mol. The summed E-state index contributed by atoms with van der Waals surface area (Å²) in [4.78, 5) is 50.1. The molecule has 0 aliphatic heterocycles. The van der Waals surface area contributed by atoms with E-state index < -0.39 is 30.2 Å². The SMILES string of the molecule is CCOC(=O)c1c(NC(=O)COC(=O)c2cc(C)sc2C)oc(C)c1C(C)=O. The quantitative estimate of drug-likeness (QED) is 0.553. The number of hydrogen-bond donors (Lipinski definition) is 1. The molecule has 1 N–H and O–H groups in total. The van der Waals surface area contributed by atoms with Crippen LogP contribution in [0.25, 0.3) is 0 Å². The summed E-state index contributed by atoms with van der Waals surface area (Å²) in [7, 11) is 0. The number of carbonyl (C=O) groups excluding carboxylic acids is 4. The van der Waals surface area contributed by atoms with Gasteiger partial charge in [-0.25, -0.2) is 9.59 Å². The Morgan fingerprint density at radius 2 is 1.75 bits per heavy atom. The second-order valence-corrected chi connectivity index (χ2v) is 7.43. The first-order chi connectivity index (χ1) is 13.1. The van der Waals surface area contributed by atoms with E-state index in [1.54, 1.807) is 19.9 Å². The molecule has 0 unspecified atom stereocenters. The lowest BCUT2D eigenvalue weighted by molar-refractivity contribution is -0.119. The topological polar surface area (TPSA) is 112 Å². The number of thiophene rings is 1. The van der Waals surface area contributed by atoms with Crippen LogP contribution >= 0.6 is 11.3 Å². The average Bonchev–Trinajstić information content (AvgIpc) is 3.11. The minimum atomic E-state index is -0.791. The summed E-state index contributed by atoms with van der Waals surface area (Å²) >= 11 is 1.45. The minimum Gasteiger partial charge on any atom is -0.462 e. The third kappa shape index (κ3) is 4.66. The Labute approximate surface area is 165 Å². The molecule has 28 heavy (non-hydrogen) atoms. The number of nitrogens with one attached hydrogen (secondary N) is 1. The Morgan fingerprint density at radius 3 is 2.29 bits per heavy atom. The number of furan rings is 1. The lowest BCUT2D eigenvalue weighted by atomic mass is 10.1. The fraction of sp³-hybridized carbons (Fsp3) is 0.368. The Balaban J connectivity index is 2.14. The Morgan fingerprint density at radius 1 is 1.07 bits per heavy atom. The zero-order chi connectivity index (χ0) is 21.0. The second-order valence-electron chi connectivity index (χ2n) is 5.97. The van der Waals surface area contributed by atoms with Gasteiger partial charge in [0.15, 0.2) is 12.4 Å². The van der Waals surface area contributed by atoms with Crippen molar-refractivity contribution in [2.45, 2.75) is 34.6 Å². The van der Waals surface area contributed by atoms with Gasteiger partial charge in [0.2, 0.25) is 5.88 Å². The molecule has 0 aliphatic carbocycles. The summed E-state index contributed by atoms with van der Waals surface area (Å²) in [5.74, 6) is -2.58. The third-order valence-electron chi connectivity index (χ3n) is 3.76. The second kappa shape index (κ2) is 8.83. The van der Waals surface area contributed by atoms with Gasteiger partial charge in [0.05, 0.1) is 17.7 Å². The van der Waals surface area contributed by atoms with E-state index in [1.165, 1.54) is 25.2 Å². The molecule has 9 heteroatoms. The van der Waals surface area contributed by atoms with E-state index in [0.29, 0.717) is 5.56 Å². The lowest BCUT2D eigenvalue weighted by Gasteiger charge is -2.07. The molecule has 0 radical (unpaired) electrons. The van der Waals surface area contributed by atoms with Gasteiger partial charge in [-0.1, -0.05) is 0 Å². The molecule has 0 saturated heterocycles. The van der Waals surface area contributed by atoms with Crippen LogP contribution in [-0.4, -0.2) is 36.8 Å². The zero-order valence-electron chi connectivity index (χ0n) is 16.3. The van der Waals surface area contributed by atoms with Gasteiger partial charge in [-0.3, -0.25) is 14.9 Å². The number of rotatable bonds is 7. The molecule has 0 saturated carbocycles. The summed E-state index contributed by atoms with van der Waals surface area (Å²) in [6, 6.07) is 1.69. The summed E-state index contributed by atoms with van der Waals surface area (Å²) < 4.78 is 15.3. The first kappa shape index (κ1) is 21.4. The normalized spacial score (nSPS) is 10.5. The molecular formula is C19H21NO7S. The first-order valence-electron chi connectivity index (χ1n) is 8.51. The van der Waals surface area contributed by atoms with Gasteiger partial charge >= 0.3 is 11.9 Å². The highest BCUT2D eigenvalue weighted by Crippen LogP contribution is 2.28. The summed E-state index contributed by atoms with van der Waals surface area (Å²) in [5.41, 5.74) is 0.279. The van der Waals surface area contributed by atoms with Gasteiger partial charge in [0, 0.05) is 9.75 Å². The van der Waals surface area contributed by atoms with Crippen LogP contribution in [0.5, 0.6) is 0 Å². The van der Waals surface area contributed by atoms with Crippen molar-refractivity contribution in [2.75, 3.05) is 18.5 Å². The molecule has 0 atom stereocenters. The largest absolute Gasteiger partial charge is 0.462 e. The standard InChI is InChI=1S/C19H21NO7S/c1-6-25-19(24)16-15(10(3)21)11(4)27-17(16)20-14(22)8-26-18(23)13-7-9(2)28-12(13)5/h7H,6,8H2,1-5H3,(H,20,22). The lowest BCUT2D eigenvalue weighted by Crippen LogP contribution is -2.22. The maximum atomic E-state index is 12.2. The Kier molecular flexibility index (Phi) is 6.74. The highest BCUT2D eigenvalue weighted by atomic mass is 32.1. The molecule has 0 fully saturated rings. The van der Waals surface area contributed by atoms with E-state index >= 15 is 0 Å². The van der Waals surface area contributed by atoms with Gasteiger partial charge in [-0.15, -0.1) is 11.3 Å². The van der Waals surface area contributed by atoms with Gasteiger partial charge in [0.25, 0.3) is 5.91 Å². The average molecular weight is 407 g/mol. The maximum Gasteiger partial charge on any atom is 0.344 e. The van der Waals surface area contributed by atoms with E-state index in [9.17, 15) is 19.2 Å². The van der Waals surface area contributed by atoms with Gasteiger partial charge in [0.1, 0.15) is 11.3 Å². The molecule has 150 valence electrons. The zero-order valence-corrected chi connectivity index (χ0v) is 17.1. The Bertz CT molecular complexity index is 938. The Hall–Kier alpha value is -2.94. The number of carbonyl (C=O) groups is 4. The van der Waals surface area contributed by atoms with Crippen LogP contribution in [0.1, 0.15) is 60.4 Å². The van der Waals surface area contributed by atoms with E-state index in [0.717, 1.165) is 9.75 Å². The summed E-state index contributed by atoms with van der Waals surface area (Å²) in [5, 5.41) is 2.36.